The highest BCUT2D eigenvalue weighted by atomic mass is 32.2. The molecule has 3 N–H and O–H groups in total. The van der Waals surface area contributed by atoms with Gasteiger partial charge in [-0.1, -0.05) is 6.07 Å². The molecule has 110 valence electrons. The van der Waals surface area contributed by atoms with Gasteiger partial charge in [-0.2, -0.15) is 0 Å². The molecule has 1 aromatic carbocycles. The molecule has 0 aromatic heterocycles. The van der Waals surface area contributed by atoms with Crippen LogP contribution in [0.3, 0.4) is 0 Å². The Balaban J connectivity index is 2.07. The van der Waals surface area contributed by atoms with Gasteiger partial charge in [-0.05, 0) is 43.5 Å². The fraction of sp³-hybridized carbons (Fsp3) is 0.500. The van der Waals surface area contributed by atoms with Crippen LogP contribution in [0.4, 0.5) is 0 Å². The molecule has 1 heterocycles. The highest BCUT2D eigenvalue weighted by Gasteiger charge is 2.37. The average Bonchev–Trinajstić information content (AvgIpc) is 2.62. The van der Waals surface area contributed by atoms with E-state index in [-0.39, 0.29) is 17.0 Å². The van der Waals surface area contributed by atoms with Gasteiger partial charge in [0.05, 0.1) is 11.5 Å². The second-order valence-corrected chi connectivity index (χ2v) is 7.95. The largest absolute Gasteiger partial charge is 0.366 e. The molecular formula is C14H20N2O3S. The van der Waals surface area contributed by atoms with Gasteiger partial charge in [0.1, 0.15) is 0 Å². The summed E-state index contributed by atoms with van der Waals surface area (Å²) in [6.07, 6.45) is 0.633. The molecule has 1 fully saturated rings. The molecule has 1 unspecified atom stereocenters. The fourth-order valence-electron chi connectivity index (χ4n) is 2.51. The molecule has 0 saturated carbocycles. The van der Waals surface area contributed by atoms with Gasteiger partial charge in [0.15, 0.2) is 9.84 Å². The molecule has 1 aliphatic rings. The normalized spacial score (nSPS) is 24.7. The summed E-state index contributed by atoms with van der Waals surface area (Å²) in [5.41, 5.74) is 7.37. The van der Waals surface area contributed by atoms with Gasteiger partial charge < -0.3 is 11.1 Å². The van der Waals surface area contributed by atoms with Crippen LogP contribution in [0.1, 0.15) is 34.8 Å². The third-order valence-electron chi connectivity index (χ3n) is 3.84. The Labute approximate surface area is 119 Å². The van der Waals surface area contributed by atoms with Crippen LogP contribution in [-0.2, 0) is 16.4 Å². The van der Waals surface area contributed by atoms with E-state index in [1.807, 2.05) is 19.9 Å². The first-order valence-electron chi connectivity index (χ1n) is 6.56. The average molecular weight is 296 g/mol. The molecule has 0 aliphatic carbocycles. The molecular weight excluding hydrogens is 276 g/mol. The maximum atomic E-state index is 11.6. The Morgan fingerprint density at radius 3 is 2.65 bits per heavy atom. The zero-order valence-electron chi connectivity index (χ0n) is 11.8. The number of hydrogen-bond donors (Lipinski definition) is 2. The number of benzene rings is 1. The molecule has 6 heteroatoms. The van der Waals surface area contributed by atoms with E-state index in [1.165, 1.54) is 0 Å². The van der Waals surface area contributed by atoms with E-state index in [0.29, 0.717) is 18.5 Å². The van der Waals surface area contributed by atoms with Crippen molar-refractivity contribution in [3.63, 3.8) is 0 Å². The van der Waals surface area contributed by atoms with Crippen molar-refractivity contribution in [3.05, 3.63) is 34.9 Å². The highest BCUT2D eigenvalue weighted by molar-refractivity contribution is 7.91. The van der Waals surface area contributed by atoms with E-state index in [9.17, 15) is 13.2 Å². The van der Waals surface area contributed by atoms with Crippen molar-refractivity contribution in [1.82, 2.24) is 5.32 Å². The summed E-state index contributed by atoms with van der Waals surface area (Å²) in [5, 5.41) is 3.32. The molecule has 0 bridgehead atoms. The van der Waals surface area contributed by atoms with Crippen molar-refractivity contribution in [2.75, 3.05) is 11.5 Å². The molecule has 1 saturated heterocycles. The molecule has 20 heavy (non-hydrogen) atoms. The summed E-state index contributed by atoms with van der Waals surface area (Å²) in [4.78, 5) is 11.1. The Kier molecular flexibility index (Phi) is 3.88. The summed E-state index contributed by atoms with van der Waals surface area (Å²) in [5.74, 6) is -0.0180. The number of carbonyl (C=O) groups is 1. The predicted octanol–water partition coefficient (Wildman–Crippen LogP) is 0.761. The summed E-state index contributed by atoms with van der Waals surface area (Å²) in [6, 6.07) is 5.31. The Morgan fingerprint density at radius 1 is 1.45 bits per heavy atom. The highest BCUT2D eigenvalue weighted by Crippen LogP contribution is 2.23. The molecule has 0 spiro atoms. The number of amides is 1. The van der Waals surface area contributed by atoms with Gasteiger partial charge in [0.2, 0.25) is 5.91 Å². The van der Waals surface area contributed by atoms with Gasteiger partial charge in [-0.25, -0.2) is 8.42 Å². The summed E-state index contributed by atoms with van der Waals surface area (Å²) in [6.45, 7) is 4.43. The lowest BCUT2D eigenvalue weighted by atomic mass is 10.00. The van der Waals surface area contributed by atoms with Crippen molar-refractivity contribution in [2.45, 2.75) is 32.4 Å². The van der Waals surface area contributed by atoms with E-state index in [4.69, 9.17) is 5.73 Å². The SMILES string of the molecule is Cc1cc(C(N)=O)ccc1CNC1(C)CCS(=O)(=O)C1. The maximum absolute atomic E-state index is 11.6. The first-order chi connectivity index (χ1) is 9.21. The number of nitrogens with two attached hydrogens (primary N) is 1. The zero-order valence-corrected chi connectivity index (χ0v) is 12.6. The third kappa shape index (κ3) is 3.37. The minimum absolute atomic E-state index is 0.179. The van der Waals surface area contributed by atoms with Crippen LogP contribution in [0.2, 0.25) is 0 Å². The molecule has 5 nitrogen and oxygen atoms in total. The lowest BCUT2D eigenvalue weighted by Crippen LogP contribution is -2.42. The molecule has 2 rings (SSSR count). The second kappa shape index (κ2) is 5.18. The van der Waals surface area contributed by atoms with Crippen LogP contribution in [0.5, 0.6) is 0 Å². The van der Waals surface area contributed by atoms with Crippen molar-refractivity contribution in [1.29, 1.82) is 0 Å². The number of rotatable bonds is 4. The van der Waals surface area contributed by atoms with Crippen molar-refractivity contribution in [2.24, 2.45) is 5.73 Å². The van der Waals surface area contributed by atoms with E-state index in [1.54, 1.807) is 12.1 Å². The number of sulfone groups is 1. The van der Waals surface area contributed by atoms with Gasteiger partial charge >= 0.3 is 0 Å². The number of primary amides is 1. The van der Waals surface area contributed by atoms with Gasteiger partial charge in [-0.3, -0.25) is 4.79 Å². The van der Waals surface area contributed by atoms with Gasteiger partial charge in [0.25, 0.3) is 0 Å². The Morgan fingerprint density at radius 2 is 2.15 bits per heavy atom. The molecule has 1 amide bonds. The molecule has 0 radical (unpaired) electrons. The number of hydrogen-bond acceptors (Lipinski definition) is 4. The van der Waals surface area contributed by atoms with Crippen LogP contribution >= 0.6 is 0 Å². The zero-order chi connectivity index (χ0) is 15.0. The van der Waals surface area contributed by atoms with Crippen LogP contribution in [-0.4, -0.2) is 31.4 Å². The lowest BCUT2D eigenvalue weighted by Gasteiger charge is -2.24. The second-order valence-electron chi connectivity index (χ2n) is 5.76. The van der Waals surface area contributed by atoms with Crippen LogP contribution in [0.15, 0.2) is 18.2 Å². The fourth-order valence-corrected chi connectivity index (χ4v) is 4.63. The first-order valence-corrected chi connectivity index (χ1v) is 8.38. The third-order valence-corrected chi connectivity index (χ3v) is 5.74. The number of nitrogens with one attached hydrogen (secondary N) is 1. The van der Waals surface area contributed by atoms with Crippen molar-refractivity contribution in [3.8, 4) is 0 Å². The molecule has 1 atom stereocenters. The van der Waals surface area contributed by atoms with Crippen molar-refractivity contribution < 1.29 is 13.2 Å². The van der Waals surface area contributed by atoms with Crippen LogP contribution in [0.25, 0.3) is 0 Å². The van der Waals surface area contributed by atoms with E-state index < -0.39 is 15.7 Å². The lowest BCUT2D eigenvalue weighted by molar-refractivity contribution is 0.1000. The smallest absolute Gasteiger partial charge is 0.248 e. The summed E-state index contributed by atoms with van der Waals surface area (Å²) >= 11 is 0. The number of aryl methyl sites for hydroxylation is 1. The standard InChI is InChI=1S/C14H20N2O3S/c1-10-7-11(13(15)17)3-4-12(10)8-16-14(2)5-6-20(18,19)9-14/h3-4,7,16H,5-6,8-9H2,1-2H3,(H2,15,17). The monoisotopic (exact) mass is 296 g/mol. The minimum atomic E-state index is -2.91. The van der Waals surface area contributed by atoms with Gasteiger partial charge in [-0.15, -0.1) is 0 Å². The van der Waals surface area contributed by atoms with Crippen molar-refractivity contribution >= 4 is 15.7 Å². The molecule has 1 aromatic rings. The first kappa shape index (κ1) is 15.0. The Bertz CT molecular complexity index is 640. The maximum Gasteiger partial charge on any atom is 0.248 e. The topological polar surface area (TPSA) is 89.3 Å². The van der Waals surface area contributed by atoms with E-state index >= 15 is 0 Å². The molecule has 1 aliphatic heterocycles. The van der Waals surface area contributed by atoms with E-state index in [0.717, 1.165) is 11.1 Å². The van der Waals surface area contributed by atoms with Crippen LogP contribution in [0, 0.1) is 6.92 Å². The van der Waals surface area contributed by atoms with E-state index in [2.05, 4.69) is 5.32 Å². The van der Waals surface area contributed by atoms with Crippen LogP contribution < -0.4 is 11.1 Å². The minimum Gasteiger partial charge on any atom is -0.366 e. The summed E-state index contributed by atoms with van der Waals surface area (Å²) < 4.78 is 23.1. The quantitative estimate of drug-likeness (QED) is 0.858. The Hall–Kier alpha value is -1.40. The number of carbonyl (C=O) groups excluding carboxylic acids is 1. The van der Waals surface area contributed by atoms with Gasteiger partial charge in [0, 0.05) is 17.6 Å². The predicted molar refractivity (Wildman–Crippen MR) is 78.2 cm³/mol. The summed E-state index contributed by atoms with van der Waals surface area (Å²) in [7, 11) is -2.91.